The van der Waals surface area contributed by atoms with E-state index in [0.29, 0.717) is 17.9 Å². The van der Waals surface area contributed by atoms with Crippen LogP contribution < -0.4 is 15.4 Å². The Kier molecular flexibility index (Phi) is 8.41. The molecule has 0 saturated carbocycles. The van der Waals surface area contributed by atoms with Gasteiger partial charge in [-0.25, -0.2) is 0 Å². The molecule has 2 amide bonds. The summed E-state index contributed by atoms with van der Waals surface area (Å²) in [7, 11) is 0. The number of rotatable bonds is 9. The largest absolute Gasteiger partial charge is 0.484 e. The number of hydrogen-bond donors (Lipinski definition) is 2. The van der Waals surface area contributed by atoms with Crippen molar-refractivity contribution in [3.8, 4) is 11.8 Å². The zero-order chi connectivity index (χ0) is 22.8. The van der Waals surface area contributed by atoms with E-state index in [9.17, 15) is 14.9 Å². The highest BCUT2D eigenvalue weighted by Gasteiger charge is 2.16. The van der Waals surface area contributed by atoms with E-state index < -0.39 is 5.91 Å². The molecule has 1 aliphatic heterocycles. The second-order valence-corrected chi connectivity index (χ2v) is 7.57. The lowest BCUT2D eigenvalue weighted by Gasteiger charge is -2.13. The van der Waals surface area contributed by atoms with E-state index in [1.807, 2.05) is 43.3 Å². The van der Waals surface area contributed by atoms with Crippen molar-refractivity contribution in [2.45, 2.75) is 31.9 Å². The minimum atomic E-state index is -0.438. The molecule has 0 unspecified atom stereocenters. The van der Waals surface area contributed by atoms with Crippen molar-refractivity contribution in [3.63, 3.8) is 0 Å². The van der Waals surface area contributed by atoms with Crippen molar-refractivity contribution in [2.24, 2.45) is 0 Å². The second-order valence-electron chi connectivity index (χ2n) is 7.57. The van der Waals surface area contributed by atoms with Gasteiger partial charge in [0.25, 0.3) is 11.8 Å². The third kappa shape index (κ3) is 6.96. The molecule has 7 heteroatoms. The van der Waals surface area contributed by atoms with Crippen molar-refractivity contribution in [1.82, 2.24) is 10.6 Å². The van der Waals surface area contributed by atoms with Gasteiger partial charge in [-0.1, -0.05) is 42.5 Å². The Balaban J connectivity index is 1.50. The van der Waals surface area contributed by atoms with Crippen LogP contribution in [0.5, 0.6) is 5.75 Å². The Morgan fingerprint density at radius 3 is 2.62 bits per heavy atom. The zero-order valence-electron chi connectivity index (χ0n) is 18.0. The summed E-state index contributed by atoms with van der Waals surface area (Å²) in [5.74, 6) is -0.123. The molecule has 1 aliphatic rings. The van der Waals surface area contributed by atoms with Crippen molar-refractivity contribution in [1.29, 1.82) is 5.26 Å². The van der Waals surface area contributed by atoms with E-state index in [2.05, 4.69) is 10.6 Å². The fourth-order valence-electron chi connectivity index (χ4n) is 3.31. The fraction of sp³-hybridized carbons (Fsp3) is 0.320. The molecule has 0 bridgehead atoms. The molecule has 2 aromatic carbocycles. The summed E-state index contributed by atoms with van der Waals surface area (Å²) in [6, 6.07) is 18.1. The van der Waals surface area contributed by atoms with Crippen LogP contribution in [0, 0.1) is 11.3 Å². The zero-order valence-corrected chi connectivity index (χ0v) is 18.0. The first kappa shape index (κ1) is 23.0. The molecular weight excluding hydrogens is 406 g/mol. The van der Waals surface area contributed by atoms with E-state index in [0.717, 1.165) is 25.0 Å². The van der Waals surface area contributed by atoms with E-state index in [-0.39, 0.29) is 30.2 Å². The molecule has 0 aliphatic carbocycles. The maximum absolute atomic E-state index is 12.5. The van der Waals surface area contributed by atoms with Crippen LogP contribution in [-0.4, -0.2) is 37.7 Å². The molecule has 0 aromatic heterocycles. The van der Waals surface area contributed by atoms with Gasteiger partial charge in [0.15, 0.2) is 6.61 Å². The van der Waals surface area contributed by atoms with Gasteiger partial charge < -0.3 is 20.1 Å². The molecule has 1 saturated heterocycles. The summed E-state index contributed by atoms with van der Waals surface area (Å²) in [5, 5.41) is 15.0. The van der Waals surface area contributed by atoms with Gasteiger partial charge in [-0.15, -0.1) is 0 Å². The Morgan fingerprint density at radius 2 is 1.97 bits per heavy atom. The fourth-order valence-corrected chi connectivity index (χ4v) is 3.31. The predicted molar refractivity (Wildman–Crippen MR) is 121 cm³/mol. The van der Waals surface area contributed by atoms with Crippen LogP contribution in [0.15, 0.2) is 60.2 Å². The number of benzene rings is 2. The predicted octanol–water partition coefficient (Wildman–Crippen LogP) is 3.14. The van der Waals surface area contributed by atoms with Crippen molar-refractivity contribution in [2.75, 3.05) is 19.8 Å². The van der Waals surface area contributed by atoms with Crippen LogP contribution in [0.3, 0.4) is 0 Å². The summed E-state index contributed by atoms with van der Waals surface area (Å²) in [4.78, 5) is 24.4. The van der Waals surface area contributed by atoms with Crippen LogP contribution in [0.2, 0.25) is 0 Å². The molecule has 32 heavy (non-hydrogen) atoms. The first-order valence-corrected chi connectivity index (χ1v) is 10.6. The average Bonchev–Trinajstić information content (AvgIpc) is 3.35. The number of ether oxygens (including phenoxy) is 2. The average molecular weight is 434 g/mol. The Hall–Kier alpha value is -3.63. The number of carbonyl (C=O) groups excluding carboxylic acids is 2. The highest BCUT2D eigenvalue weighted by molar-refractivity contribution is 6.01. The van der Waals surface area contributed by atoms with E-state index >= 15 is 0 Å². The first-order valence-electron chi connectivity index (χ1n) is 10.6. The second kappa shape index (κ2) is 11.7. The quantitative estimate of drug-likeness (QED) is 0.467. The van der Waals surface area contributed by atoms with Gasteiger partial charge in [0.05, 0.1) is 12.1 Å². The molecule has 7 nitrogen and oxygen atoms in total. The highest BCUT2D eigenvalue weighted by Crippen LogP contribution is 2.16. The summed E-state index contributed by atoms with van der Waals surface area (Å²) < 4.78 is 11.0. The van der Waals surface area contributed by atoms with Gasteiger partial charge in [-0.2, -0.15) is 5.26 Å². The van der Waals surface area contributed by atoms with E-state index in [1.54, 1.807) is 24.3 Å². The van der Waals surface area contributed by atoms with Gasteiger partial charge >= 0.3 is 0 Å². The molecule has 0 radical (unpaired) electrons. The summed E-state index contributed by atoms with van der Waals surface area (Å²) >= 11 is 0. The van der Waals surface area contributed by atoms with Crippen LogP contribution in [0.1, 0.15) is 36.9 Å². The Bertz CT molecular complexity index is 974. The normalized spacial score (nSPS) is 16.6. The number of nitrogens with one attached hydrogen (secondary N) is 2. The third-order valence-corrected chi connectivity index (χ3v) is 5.12. The molecule has 166 valence electrons. The molecule has 1 heterocycles. The smallest absolute Gasteiger partial charge is 0.262 e. The molecule has 1 fully saturated rings. The lowest BCUT2D eigenvalue weighted by molar-refractivity contribution is -0.123. The number of amides is 2. The summed E-state index contributed by atoms with van der Waals surface area (Å²) in [6.07, 6.45) is 3.60. The first-order chi connectivity index (χ1) is 15.5. The molecule has 2 N–H and O–H groups in total. The maximum Gasteiger partial charge on any atom is 0.262 e. The summed E-state index contributed by atoms with van der Waals surface area (Å²) in [5.41, 5.74) is 1.65. The maximum atomic E-state index is 12.5. The SMILES string of the molecule is C[C@H](NC(=O)/C(C#N)=C/c1ccc(OCC(=O)NC[C@@H]2CCCO2)cc1)c1ccccc1. The minimum absolute atomic E-state index is 0.00922. The van der Waals surface area contributed by atoms with Crippen molar-refractivity contribution >= 4 is 17.9 Å². The topological polar surface area (TPSA) is 100 Å². The number of nitrogens with zero attached hydrogens (tertiary/aromatic N) is 1. The van der Waals surface area contributed by atoms with Crippen LogP contribution in [-0.2, 0) is 14.3 Å². The number of carbonyl (C=O) groups is 2. The Labute approximate surface area is 188 Å². The lowest BCUT2D eigenvalue weighted by atomic mass is 10.1. The van der Waals surface area contributed by atoms with E-state index in [4.69, 9.17) is 9.47 Å². The number of nitriles is 1. The third-order valence-electron chi connectivity index (χ3n) is 5.12. The standard InChI is InChI=1S/C25H27N3O4/c1-18(20-6-3-2-4-7-20)28-25(30)21(15-26)14-19-9-11-22(12-10-19)32-17-24(29)27-16-23-8-5-13-31-23/h2-4,6-7,9-12,14,18,23H,5,8,13,16-17H2,1H3,(H,27,29)(H,28,30)/b21-14+/t18-,23-/m0/s1. The molecule has 2 aromatic rings. The minimum Gasteiger partial charge on any atom is -0.484 e. The van der Waals surface area contributed by atoms with Crippen molar-refractivity contribution < 1.29 is 19.1 Å². The van der Waals surface area contributed by atoms with Crippen LogP contribution in [0.4, 0.5) is 0 Å². The molecule has 2 atom stereocenters. The van der Waals surface area contributed by atoms with Crippen molar-refractivity contribution in [3.05, 3.63) is 71.3 Å². The van der Waals surface area contributed by atoms with Gasteiger partial charge in [-0.3, -0.25) is 9.59 Å². The van der Waals surface area contributed by atoms with Crippen LogP contribution in [0.25, 0.3) is 6.08 Å². The lowest BCUT2D eigenvalue weighted by Crippen LogP contribution is -2.35. The molecule has 3 rings (SSSR count). The van der Waals surface area contributed by atoms with Gasteiger partial charge in [0, 0.05) is 13.2 Å². The summed E-state index contributed by atoms with van der Waals surface area (Å²) in [6.45, 7) is 3.02. The monoisotopic (exact) mass is 433 g/mol. The Morgan fingerprint density at radius 1 is 1.22 bits per heavy atom. The van der Waals surface area contributed by atoms with E-state index in [1.165, 1.54) is 6.08 Å². The molecular formula is C25H27N3O4. The van der Waals surface area contributed by atoms with Gasteiger partial charge in [0.2, 0.25) is 0 Å². The number of hydrogen-bond acceptors (Lipinski definition) is 5. The van der Waals surface area contributed by atoms with Gasteiger partial charge in [0.1, 0.15) is 17.4 Å². The van der Waals surface area contributed by atoms with Gasteiger partial charge in [-0.05, 0) is 49.1 Å². The van der Waals surface area contributed by atoms with Crippen LogP contribution >= 0.6 is 0 Å². The molecule has 0 spiro atoms. The highest BCUT2D eigenvalue weighted by atomic mass is 16.5.